The minimum absolute atomic E-state index is 0.123. The molecule has 198 valence electrons. The van der Waals surface area contributed by atoms with Gasteiger partial charge in [-0.2, -0.15) is 0 Å². The van der Waals surface area contributed by atoms with Gasteiger partial charge < -0.3 is 9.84 Å². The Morgan fingerprint density at radius 3 is 2.54 bits per heavy atom. The Morgan fingerprint density at radius 2 is 1.85 bits per heavy atom. The summed E-state index contributed by atoms with van der Waals surface area (Å²) in [4.78, 5) is 27.9. The number of amides is 1. The van der Waals surface area contributed by atoms with Crippen LogP contribution in [-0.4, -0.2) is 34.1 Å². The zero-order valence-corrected chi connectivity index (χ0v) is 23.2. The van der Waals surface area contributed by atoms with Crippen molar-refractivity contribution in [1.82, 2.24) is 10.2 Å². The standard InChI is InChI=1S/C27H18Cl2FN3O4S2/c1-37-17-9-6-14(7-10-17)23(34)21-22(18-11-8-16(28)12-19(18)29)33(25(36)24(21)35)26-31-32-27(39-26)38-13-15-4-2-3-5-20(15)30/h2-12,22,34H,13H2,1H3/b23-21-. The zero-order chi connectivity index (χ0) is 27.7. The zero-order valence-electron chi connectivity index (χ0n) is 20.1. The molecule has 2 heterocycles. The van der Waals surface area contributed by atoms with Gasteiger partial charge >= 0.3 is 5.91 Å². The van der Waals surface area contributed by atoms with E-state index in [1.54, 1.807) is 54.6 Å². The fraction of sp³-hybridized carbons (Fsp3) is 0.111. The first-order valence-corrected chi connectivity index (χ1v) is 13.9. The number of rotatable bonds is 7. The number of aromatic nitrogens is 2. The smallest absolute Gasteiger partial charge is 0.301 e. The van der Waals surface area contributed by atoms with Crippen molar-refractivity contribution in [3.05, 3.63) is 105 Å². The molecule has 39 heavy (non-hydrogen) atoms. The van der Waals surface area contributed by atoms with Crippen molar-refractivity contribution in [2.24, 2.45) is 0 Å². The van der Waals surface area contributed by atoms with E-state index >= 15 is 0 Å². The molecule has 1 atom stereocenters. The van der Waals surface area contributed by atoms with Crippen LogP contribution >= 0.6 is 46.3 Å². The van der Waals surface area contributed by atoms with Gasteiger partial charge in [-0.25, -0.2) is 4.39 Å². The lowest BCUT2D eigenvalue weighted by Crippen LogP contribution is -2.29. The first-order valence-electron chi connectivity index (χ1n) is 11.4. The van der Waals surface area contributed by atoms with Crippen molar-refractivity contribution in [1.29, 1.82) is 0 Å². The number of methoxy groups -OCH3 is 1. The van der Waals surface area contributed by atoms with Crippen LogP contribution < -0.4 is 9.64 Å². The van der Waals surface area contributed by atoms with Gasteiger partial charge in [0, 0.05) is 21.4 Å². The number of carbonyl (C=O) groups excluding carboxylic acids is 2. The van der Waals surface area contributed by atoms with Crippen molar-refractivity contribution < 1.29 is 23.8 Å². The Labute approximate surface area is 240 Å². The molecule has 1 amide bonds. The number of carbonyl (C=O) groups is 2. The van der Waals surface area contributed by atoms with Crippen LogP contribution in [-0.2, 0) is 15.3 Å². The third-order valence-electron chi connectivity index (χ3n) is 5.98. The number of ether oxygens (including phenoxy) is 1. The van der Waals surface area contributed by atoms with Crippen molar-refractivity contribution >= 4 is 68.9 Å². The molecular formula is C27H18Cl2FN3O4S2. The first kappa shape index (κ1) is 27.1. The number of thioether (sulfide) groups is 1. The predicted octanol–water partition coefficient (Wildman–Crippen LogP) is 6.91. The summed E-state index contributed by atoms with van der Waals surface area (Å²) in [6, 6.07) is 16.3. The minimum Gasteiger partial charge on any atom is -0.507 e. The number of hydrogen-bond acceptors (Lipinski definition) is 8. The van der Waals surface area contributed by atoms with E-state index < -0.39 is 17.7 Å². The number of hydrogen-bond donors (Lipinski definition) is 1. The van der Waals surface area contributed by atoms with E-state index in [1.807, 2.05) is 0 Å². The van der Waals surface area contributed by atoms with Gasteiger partial charge in [0.2, 0.25) is 5.13 Å². The molecular weight excluding hydrogens is 584 g/mol. The lowest BCUT2D eigenvalue weighted by molar-refractivity contribution is -0.132. The summed E-state index contributed by atoms with van der Waals surface area (Å²) in [5.41, 5.74) is 1.01. The largest absolute Gasteiger partial charge is 0.507 e. The Bertz CT molecular complexity index is 1610. The second-order valence-corrected chi connectivity index (χ2v) is 11.3. The van der Waals surface area contributed by atoms with Gasteiger partial charge in [-0.15, -0.1) is 10.2 Å². The highest BCUT2D eigenvalue weighted by Crippen LogP contribution is 2.46. The Morgan fingerprint density at radius 1 is 1.10 bits per heavy atom. The molecule has 1 N–H and O–H groups in total. The minimum atomic E-state index is -1.10. The van der Waals surface area contributed by atoms with Crippen LogP contribution in [0.1, 0.15) is 22.7 Å². The fourth-order valence-electron chi connectivity index (χ4n) is 4.06. The monoisotopic (exact) mass is 601 g/mol. The third kappa shape index (κ3) is 5.38. The molecule has 0 bridgehead atoms. The van der Waals surface area contributed by atoms with E-state index in [4.69, 9.17) is 27.9 Å². The van der Waals surface area contributed by atoms with E-state index in [0.29, 0.717) is 37.6 Å². The molecule has 7 nitrogen and oxygen atoms in total. The Hall–Kier alpha value is -3.44. The van der Waals surface area contributed by atoms with Crippen LogP contribution in [0, 0.1) is 5.82 Å². The van der Waals surface area contributed by atoms with Crippen LogP contribution in [0.25, 0.3) is 5.76 Å². The molecule has 0 spiro atoms. The van der Waals surface area contributed by atoms with Crippen LogP contribution in [0.15, 0.2) is 76.6 Å². The summed E-state index contributed by atoms with van der Waals surface area (Å²) < 4.78 is 19.7. The molecule has 1 fully saturated rings. The fourth-order valence-corrected chi connectivity index (χ4v) is 6.43. The summed E-state index contributed by atoms with van der Waals surface area (Å²) in [5, 5.41) is 20.2. The molecule has 12 heteroatoms. The van der Waals surface area contributed by atoms with E-state index in [1.165, 1.54) is 31.0 Å². The molecule has 5 rings (SSSR count). The topological polar surface area (TPSA) is 92.6 Å². The van der Waals surface area contributed by atoms with E-state index in [0.717, 1.165) is 16.2 Å². The number of Topliss-reactive ketones (excluding diaryl/α,β-unsaturated/α-hetero) is 1. The lowest BCUT2D eigenvalue weighted by Gasteiger charge is -2.23. The quantitative estimate of drug-likeness (QED) is 0.0808. The van der Waals surface area contributed by atoms with Crippen LogP contribution in [0.2, 0.25) is 10.0 Å². The second-order valence-electron chi connectivity index (χ2n) is 8.29. The van der Waals surface area contributed by atoms with Gasteiger partial charge in [-0.05, 0) is 53.6 Å². The summed E-state index contributed by atoms with van der Waals surface area (Å²) in [5.74, 6) is -1.68. The molecule has 1 aromatic heterocycles. The van der Waals surface area contributed by atoms with E-state index in [9.17, 15) is 19.1 Å². The maximum atomic E-state index is 14.0. The van der Waals surface area contributed by atoms with Gasteiger partial charge in [0.15, 0.2) is 4.34 Å². The number of anilines is 1. The molecule has 4 aromatic rings. The number of aliphatic hydroxyl groups is 1. The summed E-state index contributed by atoms with van der Waals surface area (Å²) in [6.45, 7) is 0. The maximum Gasteiger partial charge on any atom is 0.301 e. The molecule has 3 aromatic carbocycles. The lowest BCUT2D eigenvalue weighted by atomic mass is 9.95. The predicted molar refractivity (Wildman–Crippen MR) is 150 cm³/mol. The highest BCUT2D eigenvalue weighted by atomic mass is 35.5. The summed E-state index contributed by atoms with van der Waals surface area (Å²) in [7, 11) is 1.51. The SMILES string of the molecule is COc1ccc(/C(O)=C2/C(=O)C(=O)N(c3nnc(SCc4ccccc4F)s3)C2c2ccc(Cl)cc2Cl)cc1. The molecule has 1 saturated heterocycles. The highest BCUT2D eigenvalue weighted by Gasteiger charge is 2.49. The van der Waals surface area contributed by atoms with Crippen LogP contribution in [0.4, 0.5) is 9.52 Å². The van der Waals surface area contributed by atoms with Crippen molar-refractivity contribution in [3.63, 3.8) is 0 Å². The molecule has 0 radical (unpaired) electrons. The summed E-state index contributed by atoms with van der Waals surface area (Å²) in [6.07, 6.45) is 0. The summed E-state index contributed by atoms with van der Waals surface area (Å²) >= 11 is 14.9. The Kier molecular flexibility index (Phi) is 7.90. The van der Waals surface area contributed by atoms with Crippen molar-refractivity contribution in [2.45, 2.75) is 16.1 Å². The van der Waals surface area contributed by atoms with Gasteiger partial charge in [0.1, 0.15) is 17.3 Å². The number of ketones is 1. The Balaban J connectivity index is 1.57. The van der Waals surface area contributed by atoms with Crippen LogP contribution in [0.3, 0.4) is 0 Å². The average molecular weight is 602 g/mol. The van der Waals surface area contributed by atoms with Gasteiger partial charge in [-0.1, -0.05) is 70.6 Å². The third-order valence-corrected chi connectivity index (χ3v) is 8.64. The van der Waals surface area contributed by atoms with E-state index in [-0.39, 0.29) is 27.3 Å². The molecule has 1 aliphatic heterocycles. The van der Waals surface area contributed by atoms with Crippen molar-refractivity contribution in [2.75, 3.05) is 12.0 Å². The number of benzene rings is 3. The molecule has 0 aliphatic carbocycles. The van der Waals surface area contributed by atoms with Crippen LogP contribution in [0.5, 0.6) is 5.75 Å². The molecule has 1 unspecified atom stereocenters. The van der Waals surface area contributed by atoms with Gasteiger partial charge in [0.25, 0.3) is 5.78 Å². The number of nitrogens with zero attached hydrogens (tertiary/aromatic N) is 3. The van der Waals surface area contributed by atoms with Gasteiger partial charge in [0.05, 0.1) is 18.7 Å². The second kappa shape index (κ2) is 11.4. The normalized spacial score (nSPS) is 16.6. The first-order chi connectivity index (χ1) is 18.8. The van der Waals surface area contributed by atoms with Gasteiger partial charge in [-0.3, -0.25) is 14.5 Å². The molecule has 0 saturated carbocycles. The maximum absolute atomic E-state index is 14.0. The van der Waals surface area contributed by atoms with Crippen molar-refractivity contribution in [3.8, 4) is 5.75 Å². The number of halogens is 3. The highest BCUT2D eigenvalue weighted by molar-refractivity contribution is 8.00. The number of aliphatic hydroxyl groups excluding tert-OH is 1. The molecule has 1 aliphatic rings. The van der Waals surface area contributed by atoms with E-state index in [2.05, 4.69) is 10.2 Å². The average Bonchev–Trinajstić information content (AvgIpc) is 3.50.